The first-order chi connectivity index (χ1) is 9.65. The van der Waals surface area contributed by atoms with Gasteiger partial charge in [-0.3, -0.25) is 0 Å². The number of hydrogen-bond donors (Lipinski definition) is 2. The Kier molecular flexibility index (Phi) is 5.12. The van der Waals surface area contributed by atoms with E-state index in [4.69, 9.17) is 0 Å². The first-order valence-electron chi connectivity index (χ1n) is 6.15. The van der Waals surface area contributed by atoms with Crippen LogP contribution in [0.2, 0.25) is 0 Å². The Morgan fingerprint density at radius 1 is 1.00 bits per heavy atom. The number of rotatable bonds is 4. The second-order valence-corrected chi connectivity index (χ2v) is 5.17. The van der Waals surface area contributed by atoms with Crippen LogP contribution in [0.5, 0.6) is 0 Å². The topological polar surface area (TPSA) is 41.1 Å². The maximum atomic E-state index is 13.4. The molecular formula is C15H14BrFN2O. The van der Waals surface area contributed by atoms with Gasteiger partial charge in [-0.25, -0.2) is 9.18 Å². The van der Waals surface area contributed by atoms with Crippen molar-refractivity contribution in [3.05, 3.63) is 69.9 Å². The van der Waals surface area contributed by atoms with Gasteiger partial charge in [-0.05, 0) is 23.8 Å². The number of halogens is 2. The van der Waals surface area contributed by atoms with Crippen LogP contribution in [-0.4, -0.2) is 6.03 Å². The molecule has 2 rings (SSSR count). The van der Waals surface area contributed by atoms with Crippen molar-refractivity contribution in [2.45, 2.75) is 13.1 Å². The summed E-state index contributed by atoms with van der Waals surface area (Å²) < 4.78 is 14.3. The minimum absolute atomic E-state index is 0.166. The van der Waals surface area contributed by atoms with Gasteiger partial charge in [0.15, 0.2) is 0 Å². The first-order valence-corrected chi connectivity index (χ1v) is 6.94. The fourth-order valence-corrected chi connectivity index (χ4v) is 1.93. The van der Waals surface area contributed by atoms with Crippen LogP contribution in [0.1, 0.15) is 11.1 Å². The van der Waals surface area contributed by atoms with Crippen molar-refractivity contribution in [2.24, 2.45) is 0 Å². The smallest absolute Gasteiger partial charge is 0.315 e. The molecule has 0 saturated carbocycles. The van der Waals surface area contributed by atoms with E-state index in [0.29, 0.717) is 12.1 Å². The predicted molar refractivity (Wildman–Crippen MR) is 79.6 cm³/mol. The molecular weight excluding hydrogens is 323 g/mol. The molecule has 0 aliphatic rings. The monoisotopic (exact) mass is 336 g/mol. The van der Waals surface area contributed by atoms with Crippen molar-refractivity contribution in [3.8, 4) is 0 Å². The Morgan fingerprint density at radius 3 is 2.35 bits per heavy atom. The summed E-state index contributed by atoms with van der Waals surface area (Å²) in [6.07, 6.45) is 0. The lowest BCUT2D eigenvalue weighted by atomic mass is 10.2. The molecule has 0 atom stereocenters. The van der Waals surface area contributed by atoms with Crippen LogP contribution in [0, 0.1) is 5.82 Å². The Hall–Kier alpha value is -1.88. The molecule has 0 bridgehead atoms. The SMILES string of the molecule is O=C(NCc1ccc(Br)cc1)NCc1ccccc1F. The summed E-state index contributed by atoms with van der Waals surface area (Å²) in [5.74, 6) is -0.319. The standard InChI is InChI=1S/C15H14BrFN2O/c16-13-7-5-11(6-8-13)9-18-15(20)19-10-12-3-1-2-4-14(12)17/h1-8H,9-10H2,(H2,18,19,20). The van der Waals surface area contributed by atoms with Gasteiger partial charge in [-0.2, -0.15) is 0 Å². The average molecular weight is 337 g/mol. The lowest BCUT2D eigenvalue weighted by molar-refractivity contribution is 0.240. The van der Waals surface area contributed by atoms with Gasteiger partial charge in [0.1, 0.15) is 5.82 Å². The van der Waals surface area contributed by atoms with Crippen LogP contribution in [0.25, 0.3) is 0 Å². The quantitative estimate of drug-likeness (QED) is 0.880. The van der Waals surface area contributed by atoms with E-state index in [1.54, 1.807) is 18.2 Å². The van der Waals surface area contributed by atoms with Crippen molar-refractivity contribution in [1.29, 1.82) is 0 Å². The fraction of sp³-hybridized carbons (Fsp3) is 0.133. The van der Waals surface area contributed by atoms with E-state index in [-0.39, 0.29) is 18.4 Å². The van der Waals surface area contributed by atoms with Gasteiger partial charge in [0.25, 0.3) is 0 Å². The minimum Gasteiger partial charge on any atom is -0.334 e. The van der Waals surface area contributed by atoms with Gasteiger partial charge < -0.3 is 10.6 Å². The van der Waals surface area contributed by atoms with E-state index >= 15 is 0 Å². The summed E-state index contributed by atoms with van der Waals surface area (Å²) in [6.45, 7) is 0.592. The number of benzene rings is 2. The molecule has 5 heteroatoms. The molecule has 0 fully saturated rings. The number of hydrogen-bond acceptors (Lipinski definition) is 1. The third-order valence-electron chi connectivity index (χ3n) is 2.76. The van der Waals surface area contributed by atoms with E-state index in [1.807, 2.05) is 24.3 Å². The Balaban J connectivity index is 1.78. The van der Waals surface area contributed by atoms with E-state index in [0.717, 1.165) is 10.0 Å². The molecule has 2 amide bonds. The Morgan fingerprint density at radius 2 is 1.65 bits per heavy atom. The maximum absolute atomic E-state index is 13.4. The molecule has 0 unspecified atom stereocenters. The third kappa shape index (κ3) is 4.35. The molecule has 2 aromatic rings. The first kappa shape index (κ1) is 14.5. The molecule has 2 aromatic carbocycles. The van der Waals surface area contributed by atoms with Gasteiger partial charge >= 0.3 is 6.03 Å². The van der Waals surface area contributed by atoms with E-state index < -0.39 is 0 Å². The molecule has 104 valence electrons. The van der Waals surface area contributed by atoms with Crippen LogP contribution < -0.4 is 10.6 Å². The highest BCUT2D eigenvalue weighted by molar-refractivity contribution is 9.10. The summed E-state index contributed by atoms with van der Waals surface area (Å²) in [6, 6.07) is 13.7. The summed E-state index contributed by atoms with van der Waals surface area (Å²) in [5.41, 5.74) is 1.46. The zero-order valence-electron chi connectivity index (χ0n) is 10.7. The molecule has 0 radical (unpaired) electrons. The van der Waals surface area contributed by atoms with Gasteiger partial charge in [0.05, 0.1) is 0 Å². The normalized spacial score (nSPS) is 10.1. The molecule has 0 aromatic heterocycles. The third-order valence-corrected chi connectivity index (χ3v) is 3.29. The summed E-state index contributed by atoms with van der Waals surface area (Å²) >= 11 is 3.35. The maximum Gasteiger partial charge on any atom is 0.315 e. The van der Waals surface area contributed by atoms with Crippen molar-refractivity contribution in [3.63, 3.8) is 0 Å². The average Bonchev–Trinajstić information content (AvgIpc) is 2.46. The molecule has 0 heterocycles. The summed E-state index contributed by atoms with van der Waals surface area (Å²) in [7, 11) is 0. The Bertz CT molecular complexity index is 587. The number of carbonyl (C=O) groups is 1. The minimum atomic E-state index is -0.323. The van der Waals surface area contributed by atoms with E-state index in [9.17, 15) is 9.18 Å². The highest BCUT2D eigenvalue weighted by Crippen LogP contribution is 2.10. The van der Waals surface area contributed by atoms with Crippen LogP contribution >= 0.6 is 15.9 Å². The van der Waals surface area contributed by atoms with Crippen LogP contribution in [0.15, 0.2) is 53.0 Å². The number of carbonyl (C=O) groups excluding carboxylic acids is 1. The lowest BCUT2D eigenvalue weighted by Crippen LogP contribution is -2.34. The zero-order chi connectivity index (χ0) is 14.4. The van der Waals surface area contributed by atoms with Crippen molar-refractivity contribution >= 4 is 22.0 Å². The van der Waals surface area contributed by atoms with Gasteiger partial charge in [-0.15, -0.1) is 0 Å². The summed E-state index contributed by atoms with van der Waals surface area (Å²) in [4.78, 5) is 11.6. The summed E-state index contributed by atoms with van der Waals surface area (Å²) in [5, 5.41) is 5.34. The second kappa shape index (κ2) is 7.05. The molecule has 0 saturated heterocycles. The largest absolute Gasteiger partial charge is 0.334 e. The van der Waals surface area contributed by atoms with Gasteiger partial charge in [-0.1, -0.05) is 46.3 Å². The molecule has 3 nitrogen and oxygen atoms in total. The van der Waals surface area contributed by atoms with Crippen LogP contribution in [0.4, 0.5) is 9.18 Å². The van der Waals surface area contributed by atoms with Crippen molar-refractivity contribution in [1.82, 2.24) is 10.6 Å². The number of urea groups is 1. The van der Waals surface area contributed by atoms with E-state index in [1.165, 1.54) is 6.07 Å². The van der Waals surface area contributed by atoms with Gasteiger partial charge in [0, 0.05) is 23.1 Å². The van der Waals surface area contributed by atoms with Gasteiger partial charge in [0.2, 0.25) is 0 Å². The highest BCUT2D eigenvalue weighted by Gasteiger charge is 2.03. The number of amides is 2. The Labute approximate surface area is 125 Å². The highest BCUT2D eigenvalue weighted by atomic mass is 79.9. The van der Waals surface area contributed by atoms with E-state index in [2.05, 4.69) is 26.6 Å². The lowest BCUT2D eigenvalue weighted by Gasteiger charge is -2.08. The molecule has 20 heavy (non-hydrogen) atoms. The fourth-order valence-electron chi connectivity index (χ4n) is 1.66. The number of nitrogens with one attached hydrogen (secondary N) is 2. The molecule has 0 aliphatic heterocycles. The zero-order valence-corrected chi connectivity index (χ0v) is 12.3. The van der Waals surface area contributed by atoms with Crippen LogP contribution in [0.3, 0.4) is 0 Å². The van der Waals surface area contributed by atoms with Crippen molar-refractivity contribution in [2.75, 3.05) is 0 Å². The molecule has 0 spiro atoms. The predicted octanol–water partition coefficient (Wildman–Crippen LogP) is 3.59. The molecule has 0 aliphatic carbocycles. The molecule has 2 N–H and O–H groups in total. The van der Waals surface area contributed by atoms with Crippen LogP contribution in [-0.2, 0) is 13.1 Å². The second-order valence-electron chi connectivity index (χ2n) is 4.25. The van der Waals surface area contributed by atoms with Crippen molar-refractivity contribution < 1.29 is 9.18 Å².